The van der Waals surface area contributed by atoms with E-state index in [4.69, 9.17) is 4.52 Å². The highest BCUT2D eigenvalue weighted by Gasteiger charge is 2.21. The minimum atomic E-state index is -0.318. The van der Waals surface area contributed by atoms with E-state index in [1.807, 2.05) is 6.92 Å². The number of amides is 1. The summed E-state index contributed by atoms with van der Waals surface area (Å²) in [5.74, 6) is 0.293. The lowest BCUT2D eigenvalue weighted by atomic mass is 10.1. The summed E-state index contributed by atoms with van der Waals surface area (Å²) in [6, 6.07) is 3.50. The van der Waals surface area contributed by atoms with Crippen molar-refractivity contribution in [1.29, 1.82) is 0 Å². The Morgan fingerprint density at radius 2 is 2.24 bits per heavy atom. The van der Waals surface area contributed by atoms with Gasteiger partial charge in [0, 0.05) is 18.8 Å². The zero-order valence-electron chi connectivity index (χ0n) is 12.1. The molecular weight excluding hydrogens is 270 g/mol. The number of nitrogens with zero attached hydrogens (tertiary/aromatic N) is 2. The molecule has 1 N–H and O–H groups in total. The van der Waals surface area contributed by atoms with E-state index < -0.39 is 0 Å². The molecule has 0 radical (unpaired) electrons. The van der Waals surface area contributed by atoms with E-state index in [9.17, 15) is 9.59 Å². The Morgan fingerprint density at radius 3 is 2.95 bits per heavy atom. The van der Waals surface area contributed by atoms with Crippen molar-refractivity contribution < 1.29 is 9.32 Å². The predicted octanol–water partition coefficient (Wildman–Crippen LogP) is 1.43. The van der Waals surface area contributed by atoms with E-state index in [0.29, 0.717) is 5.76 Å². The molecule has 110 valence electrons. The number of aryl methyl sites for hydroxylation is 3. The third-order valence-electron chi connectivity index (χ3n) is 3.74. The average molecular weight is 287 g/mol. The zero-order chi connectivity index (χ0) is 15.0. The van der Waals surface area contributed by atoms with Gasteiger partial charge < -0.3 is 14.4 Å². The van der Waals surface area contributed by atoms with E-state index in [1.54, 1.807) is 19.2 Å². The fraction of sp³-hybridized carbons (Fsp3) is 0.400. The fourth-order valence-corrected chi connectivity index (χ4v) is 2.67. The van der Waals surface area contributed by atoms with Gasteiger partial charge in [0.05, 0.1) is 12.2 Å². The highest BCUT2D eigenvalue weighted by Crippen LogP contribution is 2.19. The van der Waals surface area contributed by atoms with E-state index in [2.05, 4.69) is 10.1 Å². The van der Waals surface area contributed by atoms with Crippen LogP contribution in [-0.2, 0) is 19.4 Å². The standard InChI is InChI=1S/C15H17N3O3/c1-9-6-11(21-17-9)8-18(2)15(20)12-7-10-4-3-5-13(10)16-14(12)19/h6-7H,3-5,8H2,1-2H3,(H,16,19). The van der Waals surface area contributed by atoms with E-state index in [1.165, 1.54) is 4.90 Å². The lowest BCUT2D eigenvalue weighted by Gasteiger charge is -2.15. The van der Waals surface area contributed by atoms with E-state index >= 15 is 0 Å². The van der Waals surface area contributed by atoms with Crippen LogP contribution in [0.2, 0.25) is 0 Å². The van der Waals surface area contributed by atoms with Gasteiger partial charge in [-0.15, -0.1) is 0 Å². The van der Waals surface area contributed by atoms with Gasteiger partial charge in [0.2, 0.25) is 0 Å². The molecule has 1 amide bonds. The molecule has 6 nitrogen and oxygen atoms in total. The Balaban J connectivity index is 1.83. The molecule has 1 aliphatic carbocycles. The number of pyridine rings is 1. The maximum atomic E-state index is 12.4. The molecule has 0 saturated heterocycles. The van der Waals surface area contributed by atoms with Crippen molar-refractivity contribution in [3.8, 4) is 0 Å². The van der Waals surface area contributed by atoms with Crippen molar-refractivity contribution in [2.45, 2.75) is 32.7 Å². The summed E-state index contributed by atoms with van der Waals surface area (Å²) in [5.41, 5.74) is 2.67. The van der Waals surface area contributed by atoms with E-state index in [0.717, 1.165) is 36.2 Å². The van der Waals surface area contributed by atoms with Gasteiger partial charge in [0.25, 0.3) is 11.5 Å². The first-order valence-electron chi connectivity index (χ1n) is 6.97. The van der Waals surface area contributed by atoms with Crippen molar-refractivity contribution in [2.24, 2.45) is 0 Å². The molecule has 3 rings (SSSR count). The van der Waals surface area contributed by atoms with Crippen LogP contribution in [0.4, 0.5) is 0 Å². The predicted molar refractivity (Wildman–Crippen MR) is 76.1 cm³/mol. The van der Waals surface area contributed by atoms with Crippen LogP contribution in [0.1, 0.15) is 39.5 Å². The molecule has 0 saturated carbocycles. The lowest BCUT2D eigenvalue weighted by Crippen LogP contribution is -2.31. The number of nitrogens with one attached hydrogen (secondary N) is 1. The maximum Gasteiger partial charge on any atom is 0.261 e. The lowest BCUT2D eigenvalue weighted by molar-refractivity contribution is 0.0770. The second kappa shape index (κ2) is 5.20. The highest BCUT2D eigenvalue weighted by atomic mass is 16.5. The van der Waals surface area contributed by atoms with Crippen LogP contribution < -0.4 is 5.56 Å². The fourth-order valence-electron chi connectivity index (χ4n) is 2.67. The van der Waals surface area contributed by atoms with Crippen molar-refractivity contribution >= 4 is 5.91 Å². The average Bonchev–Trinajstić information content (AvgIpc) is 3.05. The van der Waals surface area contributed by atoms with Gasteiger partial charge in [-0.1, -0.05) is 5.16 Å². The van der Waals surface area contributed by atoms with Crippen LogP contribution in [0.25, 0.3) is 0 Å². The normalized spacial score (nSPS) is 13.2. The summed E-state index contributed by atoms with van der Waals surface area (Å²) in [4.78, 5) is 28.7. The third-order valence-corrected chi connectivity index (χ3v) is 3.74. The molecule has 1 aliphatic rings. The van der Waals surface area contributed by atoms with Crippen LogP contribution in [0.5, 0.6) is 0 Å². The third kappa shape index (κ3) is 2.61. The number of aromatic nitrogens is 2. The number of fused-ring (bicyclic) bond motifs is 1. The zero-order valence-corrected chi connectivity index (χ0v) is 12.1. The number of H-pyrrole nitrogens is 1. The molecule has 0 spiro atoms. The molecule has 0 fully saturated rings. The molecule has 0 aliphatic heterocycles. The SMILES string of the molecule is Cc1cc(CN(C)C(=O)c2cc3c([nH]c2=O)CCC3)on1. The van der Waals surface area contributed by atoms with Gasteiger partial charge in [0.1, 0.15) is 5.56 Å². The molecule has 0 atom stereocenters. The molecule has 21 heavy (non-hydrogen) atoms. The van der Waals surface area contributed by atoms with Crippen LogP contribution >= 0.6 is 0 Å². The molecule has 6 heteroatoms. The van der Waals surface area contributed by atoms with Gasteiger partial charge in [-0.05, 0) is 37.8 Å². The summed E-state index contributed by atoms with van der Waals surface area (Å²) in [6.07, 6.45) is 2.82. The minimum absolute atomic E-state index is 0.189. The molecule has 0 bridgehead atoms. The summed E-state index contributed by atoms with van der Waals surface area (Å²) in [7, 11) is 1.65. The molecule has 2 aromatic heterocycles. The van der Waals surface area contributed by atoms with Crippen LogP contribution in [0, 0.1) is 6.92 Å². The van der Waals surface area contributed by atoms with E-state index in [-0.39, 0.29) is 23.6 Å². The van der Waals surface area contributed by atoms with Crippen LogP contribution in [0.3, 0.4) is 0 Å². The Labute approximate surface area is 121 Å². The van der Waals surface area contributed by atoms with Crippen molar-refractivity contribution in [3.05, 3.63) is 50.8 Å². The summed E-state index contributed by atoms with van der Waals surface area (Å²) >= 11 is 0. The first-order valence-corrected chi connectivity index (χ1v) is 6.97. The first-order chi connectivity index (χ1) is 10.0. The minimum Gasteiger partial charge on any atom is -0.359 e. The Morgan fingerprint density at radius 1 is 1.43 bits per heavy atom. The Bertz CT molecular complexity index is 745. The summed E-state index contributed by atoms with van der Waals surface area (Å²) in [5, 5.41) is 3.79. The molecule has 0 aromatic carbocycles. The highest BCUT2D eigenvalue weighted by molar-refractivity contribution is 5.93. The van der Waals surface area contributed by atoms with Crippen molar-refractivity contribution in [3.63, 3.8) is 0 Å². The number of carbonyl (C=O) groups is 1. The van der Waals surface area contributed by atoms with Gasteiger partial charge in [-0.25, -0.2) is 0 Å². The number of hydrogen-bond acceptors (Lipinski definition) is 4. The van der Waals surface area contributed by atoms with Gasteiger partial charge in [-0.3, -0.25) is 9.59 Å². The topological polar surface area (TPSA) is 79.2 Å². The number of hydrogen-bond donors (Lipinski definition) is 1. The molecular formula is C15H17N3O3. The van der Waals surface area contributed by atoms with Gasteiger partial charge in [-0.2, -0.15) is 0 Å². The number of aromatic amines is 1. The largest absolute Gasteiger partial charge is 0.359 e. The summed E-state index contributed by atoms with van der Waals surface area (Å²) < 4.78 is 5.10. The van der Waals surface area contributed by atoms with Crippen LogP contribution in [0.15, 0.2) is 21.5 Å². The second-order valence-corrected chi connectivity index (χ2v) is 5.47. The molecule has 2 aromatic rings. The first kappa shape index (κ1) is 13.6. The molecule has 0 unspecified atom stereocenters. The monoisotopic (exact) mass is 287 g/mol. The Hall–Kier alpha value is -2.37. The van der Waals surface area contributed by atoms with Crippen molar-refractivity contribution in [2.75, 3.05) is 7.05 Å². The second-order valence-electron chi connectivity index (χ2n) is 5.47. The summed E-state index contributed by atoms with van der Waals surface area (Å²) in [6.45, 7) is 2.11. The Kier molecular flexibility index (Phi) is 3.37. The smallest absolute Gasteiger partial charge is 0.261 e. The number of rotatable bonds is 3. The van der Waals surface area contributed by atoms with Crippen LogP contribution in [-0.4, -0.2) is 28.0 Å². The quantitative estimate of drug-likeness (QED) is 0.926. The van der Waals surface area contributed by atoms with Crippen molar-refractivity contribution in [1.82, 2.24) is 15.0 Å². The maximum absolute atomic E-state index is 12.4. The van der Waals surface area contributed by atoms with Gasteiger partial charge >= 0.3 is 0 Å². The van der Waals surface area contributed by atoms with Gasteiger partial charge in [0.15, 0.2) is 5.76 Å². The number of carbonyl (C=O) groups excluding carboxylic acids is 1. The molecule has 2 heterocycles.